The average molecular weight is 308 g/mol. The summed E-state index contributed by atoms with van der Waals surface area (Å²) in [6.07, 6.45) is 6.31. The van der Waals surface area contributed by atoms with Crippen molar-refractivity contribution in [3.05, 3.63) is 12.7 Å². The van der Waals surface area contributed by atoms with Crippen LogP contribution in [0.1, 0.15) is 39.5 Å². The molecule has 1 unspecified atom stereocenters. The molecule has 17 heavy (non-hydrogen) atoms. The van der Waals surface area contributed by atoms with E-state index < -0.39 is 0 Å². The zero-order valence-corrected chi connectivity index (χ0v) is 13.1. The molecule has 4 heteroatoms. The van der Waals surface area contributed by atoms with Gasteiger partial charge in [0.15, 0.2) is 0 Å². The third-order valence-corrected chi connectivity index (χ3v) is 2.71. The molecule has 0 aromatic heterocycles. The smallest absolute Gasteiger partial charge is 0.0463 e. The molecule has 0 fully saturated rings. The highest BCUT2D eigenvalue weighted by Gasteiger charge is 2.19. The first kappa shape index (κ1) is 19.4. The first-order chi connectivity index (χ1) is 7.68. The van der Waals surface area contributed by atoms with Crippen LogP contribution in [0.2, 0.25) is 0 Å². The van der Waals surface area contributed by atoms with Crippen LogP contribution in [0.15, 0.2) is 12.7 Å². The molecule has 0 saturated carbocycles. The van der Waals surface area contributed by atoms with E-state index in [1.165, 1.54) is 6.42 Å². The molecule has 0 aliphatic heterocycles. The van der Waals surface area contributed by atoms with Crippen LogP contribution in [0.4, 0.5) is 0 Å². The van der Waals surface area contributed by atoms with E-state index in [9.17, 15) is 0 Å². The summed E-state index contributed by atoms with van der Waals surface area (Å²) < 4.78 is 0. The second kappa shape index (κ2) is 12.6. The van der Waals surface area contributed by atoms with Crippen molar-refractivity contribution in [2.75, 3.05) is 26.2 Å². The SMILES string of the molecule is Br.C=CC(N)(CCCNCCC)CNCCC. The van der Waals surface area contributed by atoms with Gasteiger partial charge in [0.05, 0.1) is 0 Å². The fourth-order valence-corrected chi connectivity index (χ4v) is 1.60. The fourth-order valence-electron chi connectivity index (χ4n) is 1.60. The minimum atomic E-state index is -0.247. The quantitative estimate of drug-likeness (QED) is 0.405. The van der Waals surface area contributed by atoms with E-state index in [4.69, 9.17) is 5.73 Å². The number of hydrogen-bond acceptors (Lipinski definition) is 3. The van der Waals surface area contributed by atoms with E-state index in [-0.39, 0.29) is 22.5 Å². The van der Waals surface area contributed by atoms with Gasteiger partial charge in [0.2, 0.25) is 0 Å². The molecule has 0 amide bonds. The molecule has 0 rings (SSSR count). The lowest BCUT2D eigenvalue weighted by Gasteiger charge is -2.26. The molecule has 4 N–H and O–H groups in total. The molecule has 3 nitrogen and oxygen atoms in total. The predicted molar refractivity (Wildman–Crippen MR) is 83.0 cm³/mol. The zero-order chi connectivity index (χ0) is 12.3. The van der Waals surface area contributed by atoms with Gasteiger partial charge in [0.1, 0.15) is 0 Å². The first-order valence-electron chi connectivity index (χ1n) is 6.52. The maximum Gasteiger partial charge on any atom is 0.0463 e. The van der Waals surface area contributed by atoms with Crippen LogP contribution >= 0.6 is 17.0 Å². The second-order valence-corrected chi connectivity index (χ2v) is 4.47. The van der Waals surface area contributed by atoms with Gasteiger partial charge in [-0.3, -0.25) is 0 Å². The fraction of sp³-hybridized carbons (Fsp3) is 0.846. The van der Waals surface area contributed by atoms with Gasteiger partial charge in [0, 0.05) is 12.1 Å². The molecule has 1 atom stereocenters. The van der Waals surface area contributed by atoms with Crippen LogP contribution < -0.4 is 16.4 Å². The molecule has 104 valence electrons. The molecule has 0 spiro atoms. The Morgan fingerprint density at radius 3 is 2.24 bits per heavy atom. The van der Waals surface area contributed by atoms with Gasteiger partial charge < -0.3 is 16.4 Å². The maximum absolute atomic E-state index is 6.24. The molecule has 0 aromatic carbocycles. The molecule has 0 saturated heterocycles. The molecular weight excluding hydrogens is 278 g/mol. The topological polar surface area (TPSA) is 50.1 Å². The molecule has 0 heterocycles. The van der Waals surface area contributed by atoms with Crippen molar-refractivity contribution in [2.24, 2.45) is 5.73 Å². The molecule has 0 aromatic rings. The molecule has 0 aliphatic carbocycles. The van der Waals surface area contributed by atoms with Gasteiger partial charge in [-0.2, -0.15) is 0 Å². The van der Waals surface area contributed by atoms with Crippen molar-refractivity contribution >= 4 is 17.0 Å². The van der Waals surface area contributed by atoms with Crippen LogP contribution in [-0.4, -0.2) is 31.7 Å². The van der Waals surface area contributed by atoms with Crippen molar-refractivity contribution < 1.29 is 0 Å². The van der Waals surface area contributed by atoms with Crippen molar-refractivity contribution in [1.82, 2.24) is 10.6 Å². The normalized spacial score (nSPS) is 13.8. The Hall–Kier alpha value is 0.1000. The number of halogens is 1. The monoisotopic (exact) mass is 307 g/mol. The van der Waals surface area contributed by atoms with Gasteiger partial charge in [-0.1, -0.05) is 19.9 Å². The van der Waals surface area contributed by atoms with Gasteiger partial charge in [-0.15, -0.1) is 23.6 Å². The zero-order valence-electron chi connectivity index (χ0n) is 11.4. The number of nitrogens with two attached hydrogens (primary N) is 1. The van der Waals surface area contributed by atoms with Crippen LogP contribution in [0.25, 0.3) is 0 Å². The second-order valence-electron chi connectivity index (χ2n) is 4.47. The lowest BCUT2D eigenvalue weighted by molar-refractivity contribution is 0.427. The summed E-state index contributed by atoms with van der Waals surface area (Å²) in [4.78, 5) is 0. The van der Waals surface area contributed by atoms with Crippen LogP contribution in [0.5, 0.6) is 0 Å². The molecule has 0 radical (unpaired) electrons. The van der Waals surface area contributed by atoms with Crippen molar-refractivity contribution in [3.8, 4) is 0 Å². The summed E-state index contributed by atoms with van der Waals surface area (Å²) in [5.41, 5.74) is 6.00. The van der Waals surface area contributed by atoms with E-state index in [0.29, 0.717) is 0 Å². The summed E-state index contributed by atoms with van der Waals surface area (Å²) >= 11 is 0. The lowest BCUT2D eigenvalue weighted by atomic mass is 9.94. The van der Waals surface area contributed by atoms with Crippen LogP contribution in [0.3, 0.4) is 0 Å². The Morgan fingerprint density at radius 1 is 1.12 bits per heavy atom. The summed E-state index contributed by atoms with van der Waals surface area (Å²) in [5.74, 6) is 0. The summed E-state index contributed by atoms with van der Waals surface area (Å²) in [6, 6.07) is 0. The van der Waals surface area contributed by atoms with Crippen molar-refractivity contribution in [3.63, 3.8) is 0 Å². The first-order valence-corrected chi connectivity index (χ1v) is 6.52. The number of rotatable bonds is 11. The van der Waals surface area contributed by atoms with Gasteiger partial charge in [0.25, 0.3) is 0 Å². The third kappa shape index (κ3) is 10.9. The van der Waals surface area contributed by atoms with Crippen molar-refractivity contribution in [2.45, 2.75) is 45.1 Å². The predicted octanol–water partition coefficient (Wildman–Crippen LogP) is 2.23. The minimum absolute atomic E-state index is 0. The third-order valence-electron chi connectivity index (χ3n) is 2.71. The Balaban J connectivity index is 0. The summed E-state index contributed by atoms with van der Waals surface area (Å²) in [5, 5.41) is 6.75. The van der Waals surface area contributed by atoms with Gasteiger partial charge in [-0.05, 0) is 45.3 Å². The van der Waals surface area contributed by atoms with E-state index in [0.717, 1.165) is 45.4 Å². The van der Waals surface area contributed by atoms with E-state index in [1.54, 1.807) is 0 Å². The number of nitrogens with one attached hydrogen (secondary N) is 2. The molecule has 0 bridgehead atoms. The summed E-state index contributed by atoms with van der Waals surface area (Å²) in [7, 11) is 0. The molecule has 0 aliphatic rings. The van der Waals surface area contributed by atoms with Crippen molar-refractivity contribution in [1.29, 1.82) is 0 Å². The van der Waals surface area contributed by atoms with Crippen LogP contribution in [-0.2, 0) is 0 Å². The van der Waals surface area contributed by atoms with Gasteiger partial charge in [-0.25, -0.2) is 0 Å². The summed E-state index contributed by atoms with van der Waals surface area (Å²) in [6.45, 7) is 12.2. The highest BCUT2D eigenvalue weighted by atomic mass is 79.9. The highest BCUT2D eigenvalue weighted by molar-refractivity contribution is 8.93. The lowest BCUT2D eigenvalue weighted by Crippen LogP contribution is -2.47. The van der Waals surface area contributed by atoms with E-state index >= 15 is 0 Å². The van der Waals surface area contributed by atoms with Gasteiger partial charge >= 0.3 is 0 Å². The standard InChI is InChI=1S/C13H29N3.BrH/c1-4-9-15-11-7-8-13(14,6-3)12-16-10-5-2;/h6,15-16H,3-5,7-12,14H2,1-2H3;1H. The van der Waals surface area contributed by atoms with E-state index in [2.05, 4.69) is 31.1 Å². The van der Waals surface area contributed by atoms with E-state index in [1.807, 2.05) is 6.08 Å². The Morgan fingerprint density at radius 2 is 1.71 bits per heavy atom. The molecular formula is C13H30BrN3. The van der Waals surface area contributed by atoms with Crippen LogP contribution in [0, 0.1) is 0 Å². The Bertz CT molecular complexity index is 176. The maximum atomic E-state index is 6.24. The average Bonchev–Trinajstić information content (AvgIpc) is 2.29. The largest absolute Gasteiger partial charge is 0.321 e. The Kier molecular flexibility index (Phi) is 14.4. The Labute approximate surface area is 117 Å². The minimum Gasteiger partial charge on any atom is -0.321 e. The number of hydrogen-bond donors (Lipinski definition) is 3. The highest BCUT2D eigenvalue weighted by Crippen LogP contribution is 2.09.